The standard InChI is InChI=1S/C14H15N5O/c1-8(20)9-4-6-10(7-5-9)12-11(13(15)16)14(17-2)19(3)18-12/h4-7H,2H2,1,3H3,(H3,15,16). The lowest BCUT2D eigenvalue weighted by atomic mass is 10.0. The van der Waals surface area contributed by atoms with Crippen LogP contribution in [0.25, 0.3) is 11.3 Å². The van der Waals surface area contributed by atoms with Gasteiger partial charge >= 0.3 is 0 Å². The largest absolute Gasteiger partial charge is 0.383 e. The molecule has 0 aliphatic carbocycles. The van der Waals surface area contributed by atoms with Gasteiger partial charge in [-0.05, 0) is 13.6 Å². The summed E-state index contributed by atoms with van der Waals surface area (Å²) in [5.74, 6) is 0.326. The number of carbonyl (C=O) groups is 1. The van der Waals surface area contributed by atoms with Gasteiger partial charge in [-0.15, -0.1) is 0 Å². The van der Waals surface area contributed by atoms with Gasteiger partial charge in [0, 0.05) is 18.2 Å². The Bertz CT molecular complexity index is 697. The van der Waals surface area contributed by atoms with E-state index in [0.717, 1.165) is 5.56 Å². The molecule has 3 N–H and O–H groups in total. The van der Waals surface area contributed by atoms with Crippen LogP contribution in [0.15, 0.2) is 29.3 Å². The number of nitrogens with two attached hydrogens (primary N) is 1. The molecule has 0 aliphatic heterocycles. The van der Waals surface area contributed by atoms with Crippen molar-refractivity contribution in [1.82, 2.24) is 9.78 Å². The quantitative estimate of drug-likeness (QED) is 0.504. The van der Waals surface area contributed by atoms with Gasteiger partial charge in [0.1, 0.15) is 11.5 Å². The molecule has 102 valence electrons. The number of hydrogen-bond donors (Lipinski definition) is 2. The summed E-state index contributed by atoms with van der Waals surface area (Å²) in [6.45, 7) is 4.98. The number of ketones is 1. The van der Waals surface area contributed by atoms with Crippen LogP contribution < -0.4 is 5.73 Å². The lowest BCUT2D eigenvalue weighted by Crippen LogP contribution is -2.11. The first-order valence-electron chi connectivity index (χ1n) is 5.95. The topological polar surface area (TPSA) is 97.1 Å². The normalized spacial score (nSPS) is 10.3. The Morgan fingerprint density at radius 2 is 2.00 bits per heavy atom. The molecule has 1 heterocycles. The minimum Gasteiger partial charge on any atom is -0.383 e. The van der Waals surface area contributed by atoms with E-state index in [-0.39, 0.29) is 11.6 Å². The zero-order valence-electron chi connectivity index (χ0n) is 11.3. The van der Waals surface area contributed by atoms with Crippen molar-refractivity contribution in [2.24, 2.45) is 17.8 Å². The Kier molecular flexibility index (Phi) is 3.47. The molecular weight excluding hydrogens is 254 g/mol. The van der Waals surface area contributed by atoms with Gasteiger partial charge in [0.2, 0.25) is 0 Å². The summed E-state index contributed by atoms with van der Waals surface area (Å²) in [5.41, 5.74) is 7.99. The molecule has 1 aromatic heterocycles. The van der Waals surface area contributed by atoms with E-state index in [2.05, 4.69) is 16.8 Å². The monoisotopic (exact) mass is 269 g/mol. The summed E-state index contributed by atoms with van der Waals surface area (Å²) in [7, 11) is 1.71. The first-order valence-corrected chi connectivity index (χ1v) is 5.95. The molecule has 0 bridgehead atoms. The number of carbonyl (C=O) groups excluding carboxylic acids is 1. The molecule has 0 spiro atoms. The Morgan fingerprint density at radius 3 is 2.45 bits per heavy atom. The number of hydrogen-bond acceptors (Lipinski definition) is 4. The van der Waals surface area contributed by atoms with Gasteiger partial charge in [-0.1, -0.05) is 24.3 Å². The van der Waals surface area contributed by atoms with Gasteiger partial charge in [0.25, 0.3) is 0 Å². The first kappa shape index (κ1) is 13.7. The van der Waals surface area contributed by atoms with Crippen molar-refractivity contribution in [2.45, 2.75) is 6.92 Å². The van der Waals surface area contributed by atoms with Gasteiger partial charge in [0.15, 0.2) is 11.6 Å². The molecule has 0 saturated heterocycles. The number of benzene rings is 1. The predicted octanol–water partition coefficient (Wildman–Crippen LogP) is 1.91. The molecule has 6 heteroatoms. The molecular formula is C14H15N5O. The van der Waals surface area contributed by atoms with E-state index < -0.39 is 0 Å². The Morgan fingerprint density at radius 1 is 1.40 bits per heavy atom. The number of aliphatic imine (C=N–C) groups is 1. The number of aromatic nitrogens is 2. The molecule has 0 unspecified atom stereocenters. The average molecular weight is 269 g/mol. The van der Waals surface area contributed by atoms with E-state index in [0.29, 0.717) is 22.6 Å². The van der Waals surface area contributed by atoms with Crippen molar-refractivity contribution in [1.29, 1.82) is 5.41 Å². The van der Waals surface area contributed by atoms with Crippen molar-refractivity contribution in [3.05, 3.63) is 35.4 Å². The van der Waals surface area contributed by atoms with Crippen LogP contribution in [0.5, 0.6) is 0 Å². The third-order valence-corrected chi connectivity index (χ3v) is 3.00. The van der Waals surface area contributed by atoms with E-state index in [1.54, 1.807) is 31.3 Å². The minimum absolute atomic E-state index is 0.00203. The summed E-state index contributed by atoms with van der Waals surface area (Å²) < 4.78 is 1.53. The minimum atomic E-state index is -0.119. The van der Waals surface area contributed by atoms with Crippen LogP contribution in [0.1, 0.15) is 22.8 Å². The Hall–Kier alpha value is -2.76. The number of nitrogen functional groups attached to an aromatic ring is 1. The summed E-state index contributed by atoms with van der Waals surface area (Å²) >= 11 is 0. The highest BCUT2D eigenvalue weighted by Gasteiger charge is 2.19. The van der Waals surface area contributed by atoms with Gasteiger partial charge in [-0.3, -0.25) is 10.2 Å². The van der Waals surface area contributed by atoms with E-state index >= 15 is 0 Å². The zero-order valence-corrected chi connectivity index (χ0v) is 11.3. The van der Waals surface area contributed by atoms with Crippen molar-refractivity contribution >= 4 is 24.2 Å². The van der Waals surface area contributed by atoms with Gasteiger partial charge in [0.05, 0.1) is 5.56 Å². The summed E-state index contributed by atoms with van der Waals surface area (Å²) in [6.07, 6.45) is 0. The van der Waals surface area contributed by atoms with Gasteiger partial charge < -0.3 is 5.73 Å². The highest BCUT2D eigenvalue weighted by Crippen LogP contribution is 2.29. The van der Waals surface area contributed by atoms with E-state index in [4.69, 9.17) is 11.1 Å². The van der Waals surface area contributed by atoms with Crippen molar-refractivity contribution < 1.29 is 4.79 Å². The molecule has 0 aliphatic rings. The van der Waals surface area contributed by atoms with Crippen LogP contribution in [-0.2, 0) is 7.05 Å². The van der Waals surface area contributed by atoms with Crippen molar-refractivity contribution in [3.63, 3.8) is 0 Å². The third-order valence-electron chi connectivity index (χ3n) is 3.00. The number of aryl methyl sites for hydroxylation is 1. The van der Waals surface area contributed by atoms with Crippen molar-refractivity contribution in [2.75, 3.05) is 0 Å². The maximum atomic E-state index is 11.3. The summed E-state index contributed by atoms with van der Waals surface area (Å²) in [4.78, 5) is 15.1. The van der Waals surface area contributed by atoms with Crippen LogP contribution in [-0.4, -0.2) is 28.1 Å². The van der Waals surface area contributed by atoms with E-state index in [1.807, 2.05) is 0 Å². The lowest BCUT2D eigenvalue weighted by molar-refractivity contribution is 0.101. The second kappa shape index (κ2) is 5.08. The number of amidine groups is 1. The van der Waals surface area contributed by atoms with Crippen LogP contribution in [0.4, 0.5) is 5.82 Å². The SMILES string of the molecule is C=Nc1c(C(=N)N)c(-c2ccc(C(C)=O)cc2)nn1C. The molecule has 0 amide bonds. The molecule has 0 saturated carbocycles. The summed E-state index contributed by atoms with van der Waals surface area (Å²) in [5, 5.41) is 12.0. The van der Waals surface area contributed by atoms with Crippen LogP contribution in [0.2, 0.25) is 0 Å². The smallest absolute Gasteiger partial charge is 0.161 e. The Balaban J connectivity index is 2.60. The average Bonchev–Trinajstić information content (AvgIpc) is 2.75. The number of Topliss-reactive ketones (excluding diaryl/α,β-unsaturated/α-hetero) is 1. The number of nitrogens with one attached hydrogen (secondary N) is 1. The zero-order chi connectivity index (χ0) is 14.9. The molecule has 0 radical (unpaired) electrons. The highest BCUT2D eigenvalue weighted by atomic mass is 16.1. The molecule has 0 atom stereocenters. The molecule has 20 heavy (non-hydrogen) atoms. The van der Waals surface area contributed by atoms with Crippen LogP contribution >= 0.6 is 0 Å². The molecule has 6 nitrogen and oxygen atoms in total. The fraction of sp³-hybridized carbons (Fsp3) is 0.143. The van der Waals surface area contributed by atoms with Gasteiger partial charge in [-0.2, -0.15) is 5.10 Å². The van der Waals surface area contributed by atoms with E-state index in [1.165, 1.54) is 11.6 Å². The van der Waals surface area contributed by atoms with Crippen molar-refractivity contribution in [3.8, 4) is 11.3 Å². The maximum Gasteiger partial charge on any atom is 0.161 e. The number of rotatable bonds is 4. The predicted molar refractivity (Wildman–Crippen MR) is 78.9 cm³/mol. The maximum absolute atomic E-state index is 11.3. The fourth-order valence-corrected chi connectivity index (χ4v) is 2.01. The van der Waals surface area contributed by atoms with E-state index in [9.17, 15) is 4.79 Å². The second-order valence-electron chi connectivity index (χ2n) is 4.38. The first-order chi connectivity index (χ1) is 9.45. The second-order valence-corrected chi connectivity index (χ2v) is 4.38. The number of nitrogens with zero attached hydrogens (tertiary/aromatic N) is 3. The molecule has 0 fully saturated rings. The van der Waals surface area contributed by atoms with Gasteiger partial charge in [-0.25, -0.2) is 9.67 Å². The van der Waals surface area contributed by atoms with Crippen LogP contribution in [0.3, 0.4) is 0 Å². The van der Waals surface area contributed by atoms with Crippen LogP contribution in [0, 0.1) is 5.41 Å². The lowest BCUT2D eigenvalue weighted by Gasteiger charge is -2.02. The molecule has 2 aromatic rings. The summed E-state index contributed by atoms with van der Waals surface area (Å²) in [6, 6.07) is 6.99. The fourth-order valence-electron chi connectivity index (χ4n) is 2.01. The Labute approximate surface area is 116 Å². The molecule has 2 rings (SSSR count). The molecule has 1 aromatic carbocycles. The highest BCUT2D eigenvalue weighted by molar-refractivity contribution is 6.05. The third kappa shape index (κ3) is 2.23.